The monoisotopic (exact) mass is 371 g/mol. The van der Waals surface area contributed by atoms with Crippen molar-refractivity contribution in [2.45, 2.75) is 57.3 Å². The molecule has 3 saturated carbocycles. The van der Waals surface area contributed by atoms with Crippen LogP contribution in [0, 0.1) is 5.41 Å². The van der Waals surface area contributed by atoms with Gasteiger partial charge in [0.2, 0.25) is 0 Å². The number of carbonyl (C=O) groups excluding carboxylic acids is 1. The predicted octanol–water partition coefficient (Wildman–Crippen LogP) is 2.50. The number of aliphatic carboxylic acids is 1. The van der Waals surface area contributed by atoms with Crippen molar-refractivity contribution in [3.05, 3.63) is 11.5 Å². The highest BCUT2D eigenvalue weighted by atomic mass is 16.4. The molecule has 8 nitrogen and oxygen atoms in total. The average Bonchev–Trinajstić information content (AvgIpc) is 3.34. The van der Waals surface area contributed by atoms with E-state index in [2.05, 4.69) is 16.9 Å². The first-order valence-corrected chi connectivity index (χ1v) is 9.97. The zero-order valence-electron chi connectivity index (χ0n) is 15.6. The molecule has 0 saturated heterocycles. The van der Waals surface area contributed by atoms with E-state index in [4.69, 9.17) is 4.98 Å². The Labute approximate surface area is 157 Å². The number of aromatic amines is 1. The van der Waals surface area contributed by atoms with Crippen molar-refractivity contribution in [2.75, 3.05) is 24.5 Å². The molecule has 27 heavy (non-hydrogen) atoms. The lowest BCUT2D eigenvalue weighted by Gasteiger charge is -2.50. The number of carboxylic acid groups (broad SMARTS) is 1. The van der Waals surface area contributed by atoms with Crippen LogP contribution < -0.4 is 4.90 Å². The molecular formula is C19H25N5O3. The van der Waals surface area contributed by atoms with E-state index in [0.29, 0.717) is 50.6 Å². The van der Waals surface area contributed by atoms with Crippen LogP contribution in [0.4, 0.5) is 10.6 Å². The van der Waals surface area contributed by atoms with Crippen molar-refractivity contribution in [1.29, 1.82) is 0 Å². The van der Waals surface area contributed by atoms with E-state index >= 15 is 0 Å². The number of aliphatic imine (C=N–C) groups is 1. The molecule has 0 radical (unpaired) electrons. The highest BCUT2D eigenvalue weighted by molar-refractivity contribution is 6.18. The molecular weight excluding hydrogens is 346 g/mol. The molecule has 6 rings (SSSR count). The van der Waals surface area contributed by atoms with Crippen LogP contribution in [0.15, 0.2) is 4.99 Å². The molecule has 5 aliphatic rings. The summed E-state index contributed by atoms with van der Waals surface area (Å²) in [6, 6.07) is -0.0340. The Bertz CT molecular complexity index is 833. The van der Waals surface area contributed by atoms with Crippen LogP contribution in [0.2, 0.25) is 0 Å². The van der Waals surface area contributed by atoms with Gasteiger partial charge in [0.05, 0.1) is 12.0 Å². The van der Waals surface area contributed by atoms with Gasteiger partial charge in [-0.1, -0.05) is 6.92 Å². The standard InChI is InChI=1S/C19H25N5O3/c1-2-10-23-14-12(13-20-9-11-24(13)17(23)27)21-15(22-14)18-3-6-19(7-4-18,8-5-18)16(25)26/h2-11H2,1H3,(H,21,22)(H,25,26). The third-order valence-corrected chi connectivity index (χ3v) is 7.12. The Hall–Kier alpha value is -2.38. The summed E-state index contributed by atoms with van der Waals surface area (Å²) in [4.78, 5) is 41.1. The number of H-pyrrole nitrogens is 1. The maximum Gasteiger partial charge on any atom is 0.331 e. The zero-order valence-corrected chi connectivity index (χ0v) is 15.6. The van der Waals surface area contributed by atoms with Gasteiger partial charge in [0.15, 0.2) is 11.7 Å². The average molecular weight is 371 g/mol. The molecule has 2 bridgehead atoms. The van der Waals surface area contributed by atoms with Gasteiger partial charge in [-0.2, -0.15) is 0 Å². The number of nitrogens with one attached hydrogen (secondary N) is 1. The molecule has 1 aromatic rings. The summed E-state index contributed by atoms with van der Waals surface area (Å²) in [5.41, 5.74) is 0.217. The number of carbonyl (C=O) groups is 2. The first-order valence-electron chi connectivity index (χ1n) is 9.97. The first kappa shape index (κ1) is 16.8. The molecule has 2 amide bonds. The van der Waals surface area contributed by atoms with E-state index in [1.54, 1.807) is 9.80 Å². The summed E-state index contributed by atoms with van der Waals surface area (Å²) in [6.07, 6.45) is 5.49. The molecule has 0 unspecified atom stereocenters. The van der Waals surface area contributed by atoms with E-state index in [1.165, 1.54) is 0 Å². The Morgan fingerprint density at radius 1 is 1.22 bits per heavy atom. The number of aromatic nitrogens is 2. The Morgan fingerprint density at radius 3 is 2.56 bits per heavy atom. The van der Waals surface area contributed by atoms with Crippen molar-refractivity contribution in [3.8, 4) is 0 Å². The van der Waals surface area contributed by atoms with Crippen LogP contribution in [0.25, 0.3) is 0 Å². The van der Waals surface area contributed by atoms with Crippen molar-refractivity contribution < 1.29 is 14.7 Å². The fraction of sp³-hybridized carbons (Fsp3) is 0.684. The summed E-state index contributed by atoms with van der Waals surface area (Å²) >= 11 is 0. The minimum absolute atomic E-state index is 0.0340. The topological polar surface area (TPSA) is 102 Å². The van der Waals surface area contributed by atoms with Gasteiger partial charge in [-0.25, -0.2) is 9.78 Å². The molecule has 3 heterocycles. The lowest BCUT2D eigenvalue weighted by atomic mass is 9.53. The van der Waals surface area contributed by atoms with E-state index in [-0.39, 0.29) is 11.4 Å². The molecule has 1 aromatic heterocycles. The molecule has 3 fully saturated rings. The summed E-state index contributed by atoms with van der Waals surface area (Å²) in [7, 11) is 0. The van der Waals surface area contributed by atoms with E-state index in [9.17, 15) is 14.7 Å². The Balaban J connectivity index is 1.54. The smallest absolute Gasteiger partial charge is 0.331 e. The fourth-order valence-electron chi connectivity index (χ4n) is 5.34. The number of hydrogen-bond acceptors (Lipinski definition) is 4. The van der Waals surface area contributed by atoms with Gasteiger partial charge in [-0.3, -0.25) is 19.6 Å². The first-order chi connectivity index (χ1) is 13.0. The highest BCUT2D eigenvalue weighted by Crippen LogP contribution is 2.57. The lowest BCUT2D eigenvalue weighted by Crippen LogP contribution is -2.50. The number of fused-ring (bicyclic) bond motifs is 6. The van der Waals surface area contributed by atoms with Gasteiger partial charge in [0.1, 0.15) is 11.5 Å². The molecule has 3 aliphatic carbocycles. The minimum Gasteiger partial charge on any atom is -0.481 e. The number of anilines is 1. The molecule has 144 valence electrons. The van der Waals surface area contributed by atoms with Gasteiger partial charge in [0, 0.05) is 18.5 Å². The van der Waals surface area contributed by atoms with E-state index < -0.39 is 11.4 Å². The van der Waals surface area contributed by atoms with Gasteiger partial charge in [-0.05, 0) is 44.9 Å². The van der Waals surface area contributed by atoms with Gasteiger partial charge in [-0.15, -0.1) is 0 Å². The predicted molar refractivity (Wildman–Crippen MR) is 99.2 cm³/mol. The Morgan fingerprint density at radius 2 is 1.93 bits per heavy atom. The lowest BCUT2D eigenvalue weighted by molar-refractivity contribution is -0.156. The van der Waals surface area contributed by atoms with Crippen molar-refractivity contribution in [1.82, 2.24) is 14.9 Å². The normalized spacial score (nSPS) is 31.7. The summed E-state index contributed by atoms with van der Waals surface area (Å²) in [5, 5.41) is 9.64. The van der Waals surface area contributed by atoms with Crippen LogP contribution in [-0.4, -0.2) is 57.4 Å². The molecule has 0 spiro atoms. The maximum absolute atomic E-state index is 12.9. The number of imidazole rings is 1. The summed E-state index contributed by atoms with van der Waals surface area (Å²) in [5.74, 6) is 1.68. The number of amides is 2. The second kappa shape index (κ2) is 5.56. The number of nitrogens with zero attached hydrogens (tertiary/aromatic N) is 4. The van der Waals surface area contributed by atoms with Gasteiger partial charge in [0.25, 0.3) is 0 Å². The fourth-order valence-corrected chi connectivity index (χ4v) is 5.34. The molecule has 0 atom stereocenters. The summed E-state index contributed by atoms with van der Waals surface area (Å²) in [6.45, 7) is 3.94. The SMILES string of the molecule is CCCN1C(=O)N2CCN=C2c2[nH]c(C34CCC(C(=O)O)(CC3)CC4)nc21. The van der Waals surface area contributed by atoms with Crippen LogP contribution in [0.1, 0.15) is 63.4 Å². The molecule has 8 heteroatoms. The second-order valence-corrected chi connectivity index (χ2v) is 8.44. The van der Waals surface area contributed by atoms with Crippen LogP contribution in [-0.2, 0) is 10.2 Å². The number of hydrogen-bond donors (Lipinski definition) is 2. The van der Waals surface area contributed by atoms with Crippen molar-refractivity contribution in [3.63, 3.8) is 0 Å². The van der Waals surface area contributed by atoms with Crippen LogP contribution in [0.3, 0.4) is 0 Å². The van der Waals surface area contributed by atoms with E-state index in [1.807, 2.05) is 0 Å². The van der Waals surface area contributed by atoms with Crippen molar-refractivity contribution >= 4 is 23.7 Å². The highest BCUT2D eigenvalue weighted by Gasteiger charge is 2.55. The minimum atomic E-state index is -0.648. The molecule has 2 aliphatic heterocycles. The quantitative estimate of drug-likeness (QED) is 0.849. The van der Waals surface area contributed by atoms with Gasteiger partial charge < -0.3 is 10.1 Å². The third kappa shape index (κ3) is 2.15. The molecule has 0 aromatic carbocycles. The van der Waals surface area contributed by atoms with Crippen LogP contribution in [0.5, 0.6) is 0 Å². The van der Waals surface area contributed by atoms with Gasteiger partial charge >= 0.3 is 12.0 Å². The largest absolute Gasteiger partial charge is 0.481 e. The number of amidine groups is 1. The summed E-state index contributed by atoms with van der Waals surface area (Å²) < 4.78 is 0. The van der Waals surface area contributed by atoms with Crippen LogP contribution >= 0.6 is 0 Å². The molecule has 2 N–H and O–H groups in total. The Kier molecular flexibility index (Phi) is 3.45. The van der Waals surface area contributed by atoms with E-state index in [0.717, 1.165) is 37.2 Å². The third-order valence-electron chi connectivity index (χ3n) is 7.12. The number of carboxylic acids is 1. The zero-order chi connectivity index (χ0) is 18.8. The maximum atomic E-state index is 12.9. The number of urea groups is 1. The van der Waals surface area contributed by atoms with Crippen molar-refractivity contribution in [2.24, 2.45) is 10.4 Å². The second-order valence-electron chi connectivity index (χ2n) is 8.44. The number of rotatable bonds is 4.